The Hall–Kier alpha value is -4.67. The molecule has 15 nitrogen and oxygen atoms in total. The van der Waals surface area contributed by atoms with Crippen LogP contribution in [0.3, 0.4) is 0 Å². The highest BCUT2D eigenvalue weighted by Gasteiger charge is 2.26. The third-order valence-electron chi connectivity index (χ3n) is 6.30. The molecule has 0 fully saturated rings. The largest absolute Gasteiger partial charge is 0.504 e. The Labute approximate surface area is 248 Å². The lowest BCUT2D eigenvalue weighted by Gasteiger charge is -2.11. The van der Waals surface area contributed by atoms with E-state index in [0.717, 1.165) is 24.5 Å². The second kappa shape index (κ2) is 15.2. The number of hydrogen-bond donors (Lipinski definition) is 6. The molecule has 0 aliphatic rings. The SMILES string of the molecule is O=C(OCCOCCOCCOCCOCCO)c1c(O)c(O)cc2occ(-c3c[nH]c4cc(O)c(O)cc4c3=O)c(=O)c12. The van der Waals surface area contributed by atoms with Crippen LogP contribution < -0.4 is 10.9 Å². The van der Waals surface area contributed by atoms with Crippen molar-refractivity contribution in [3.8, 4) is 34.1 Å². The maximum Gasteiger partial charge on any atom is 0.343 e. The van der Waals surface area contributed by atoms with Crippen molar-refractivity contribution in [2.45, 2.75) is 0 Å². The number of aliphatic hydroxyl groups excluding tert-OH is 1. The molecule has 4 rings (SSSR count). The smallest absolute Gasteiger partial charge is 0.343 e. The number of aliphatic hydroxyl groups is 1. The monoisotopic (exact) mass is 617 g/mol. The fraction of sp³-hybridized carbons (Fsp3) is 0.345. The van der Waals surface area contributed by atoms with E-state index in [4.69, 9.17) is 33.2 Å². The van der Waals surface area contributed by atoms with Crippen molar-refractivity contribution >= 4 is 27.8 Å². The first-order valence-corrected chi connectivity index (χ1v) is 13.4. The number of aromatic amines is 1. The number of pyridine rings is 1. The lowest BCUT2D eigenvalue weighted by atomic mass is 10.0. The average Bonchev–Trinajstić information content (AvgIpc) is 3.00. The molecule has 15 heteroatoms. The number of rotatable bonds is 16. The molecule has 0 bridgehead atoms. The highest BCUT2D eigenvalue weighted by molar-refractivity contribution is 6.07. The van der Waals surface area contributed by atoms with Crippen LogP contribution in [0.1, 0.15) is 10.4 Å². The van der Waals surface area contributed by atoms with Gasteiger partial charge >= 0.3 is 5.97 Å². The minimum atomic E-state index is -1.15. The summed E-state index contributed by atoms with van der Waals surface area (Å²) in [5, 5.41) is 48.3. The molecule has 236 valence electrons. The molecular weight excluding hydrogens is 586 g/mol. The van der Waals surface area contributed by atoms with Crippen LogP contribution in [0, 0.1) is 0 Å². The van der Waals surface area contributed by atoms with E-state index in [0.29, 0.717) is 26.4 Å². The highest BCUT2D eigenvalue weighted by atomic mass is 16.6. The zero-order chi connectivity index (χ0) is 31.6. The van der Waals surface area contributed by atoms with E-state index in [1.54, 1.807) is 0 Å². The average molecular weight is 618 g/mol. The quantitative estimate of drug-likeness (QED) is 0.0592. The Morgan fingerprint density at radius 1 is 0.727 bits per heavy atom. The maximum atomic E-state index is 13.6. The third-order valence-corrected chi connectivity index (χ3v) is 6.30. The normalized spacial score (nSPS) is 11.4. The predicted molar refractivity (Wildman–Crippen MR) is 153 cm³/mol. The molecule has 2 aromatic carbocycles. The Kier molecular flexibility index (Phi) is 11.1. The van der Waals surface area contributed by atoms with E-state index in [2.05, 4.69) is 4.98 Å². The van der Waals surface area contributed by atoms with Crippen LogP contribution in [-0.4, -0.2) is 103 Å². The number of nitrogens with one attached hydrogen (secondary N) is 1. The van der Waals surface area contributed by atoms with Crippen molar-refractivity contribution in [2.75, 3.05) is 66.1 Å². The lowest BCUT2D eigenvalue weighted by Crippen LogP contribution is -2.18. The summed E-state index contributed by atoms with van der Waals surface area (Å²) in [6, 6.07) is 3.11. The minimum Gasteiger partial charge on any atom is -0.504 e. The standard InChI is InChI=1S/C29H31NO14/c31-1-2-39-3-4-40-5-6-41-7-8-42-9-10-43-29(38)25-24-23(13-22(34)28(25)37)44-15-18(27(24)36)17-14-30-19-12-21(33)20(32)11-16(19)26(17)35/h11-15,31-34,37H,1-10H2,(H,30,35). The van der Waals surface area contributed by atoms with Gasteiger partial charge in [0.25, 0.3) is 0 Å². The number of ether oxygens (including phenoxy) is 5. The summed E-state index contributed by atoms with van der Waals surface area (Å²) in [4.78, 5) is 42.4. The Balaban J connectivity index is 1.41. The number of phenolic OH excluding ortho intramolecular Hbond substituents is 4. The fourth-order valence-electron chi connectivity index (χ4n) is 4.18. The van der Waals surface area contributed by atoms with Gasteiger partial charge in [-0.1, -0.05) is 0 Å². The van der Waals surface area contributed by atoms with Gasteiger partial charge in [0.05, 0.1) is 86.9 Å². The van der Waals surface area contributed by atoms with Crippen molar-refractivity contribution in [1.29, 1.82) is 0 Å². The molecular formula is C29H31NO14. The molecule has 2 heterocycles. The summed E-state index contributed by atoms with van der Waals surface area (Å²) in [6.07, 6.45) is 2.16. The molecule has 4 aromatic rings. The Morgan fingerprint density at radius 3 is 1.95 bits per heavy atom. The van der Waals surface area contributed by atoms with Crippen LogP contribution >= 0.6 is 0 Å². The molecule has 44 heavy (non-hydrogen) atoms. The fourth-order valence-corrected chi connectivity index (χ4v) is 4.18. The number of carbonyl (C=O) groups excluding carboxylic acids is 1. The Bertz CT molecular complexity index is 1730. The van der Waals surface area contributed by atoms with Crippen molar-refractivity contribution in [3.05, 3.63) is 56.7 Å². The molecule has 0 unspecified atom stereocenters. The van der Waals surface area contributed by atoms with Gasteiger partial charge in [0, 0.05) is 18.3 Å². The topological polar surface area (TPSA) is 227 Å². The number of carbonyl (C=O) groups is 1. The van der Waals surface area contributed by atoms with Gasteiger partial charge in [-0.25, -0.2) is 4.79 Å². The minimum absolute atomic E-state index is 0.0374. The van der Waals surface area contributed by atoms with E-state index in [1.807, 2.05) is 0 Å². The zero-order valence-corrected chi connectivity index (χ0v) is 23.4. The van der Waals surface area contributed by atoms with Crippen LogP contribution in [0.5, 0.6) is 23.0 Å². The van der Waals surface area contributed by atoms with Crippen LogP contribution in [-0.2, 0) is 23.7 Å². The zero-order valence-electron chi connectivity index (χ0n) is 23.4. The van der Waals surface area contributed by atoms with Gasteiger partial charge in [-0.3, -0.25) is 9.59 Å². The van der Waals surface area contributed by atoms with Crippen LogP contribution in [0.15, 0.2) is 44.7 Å². The molecule has 0 radical (unpaired) electrons. The lowest BCUT2D eigenvalue weighted by molar-refractivity contribution is -0.0114. The van der Waals surface area contributed by atoms with Gasteiger partial charge in [-0.15, -0.1) is 0 Å². The molecule has 6 N–H and O–H groups in total. The number of aromatic hydroxyl groups is 4. The molecule has 0 spiro atoms. The summed E-state index contributed by atoms with van der Waals surface area (Å²) < 4.78 is 31.6. The van der Waals surface area contributed by atoms with E-state index >= 15 is 0 Å². The van der Waals surface area contributed by atoms with Gasteiger partial charge in [-0.2, -0.15) is 0 Å². The van der Waals surface area contributed by atoms with Gasteiger partial charge < -0.3 is 58.6 Å². The number of H-pyrrole nitrogens is 1. The first-order valence-electron chi connectivity index (χ1n) is 13.4. The predicted octanol–water partition coefficient (Wildman–Crippen LogP) is 1.34. The van der Waals surface area contributed by atoms with E-state index in [1.165, 1.54) is 6.20 Å². The summed E-state index contributed by atoms with van der Waals surface area (Å²) in [6.45, 7) is 1.74. The molecule has 2 aromatic heterocycles. The maximum absolute atomic E-state index is 13.6. The van der Waals surface area contributed by atoms with Crippen molar-refractivity contribution in [2.24, 2.45) is 0 Å². The van der Waals surface area contributed by atoms with Gasteiger partial charge in [-0.05, 0) is 6.07 Å². The van der Waals surface area contributed by atoms with Gasteiger partial charge in [0.2, 0.25) is 5.43 Å². The van der Waals surface area contributed by atoms with Gasteiger partial charge in [0.1, 0.15) is 24.0 Å². The van der Waals surface area contributed by atoms with E-state index in [-0.39, 0.29) is 67.3 Å². The number of fused-ring (bicyclic) bond motifs is 2. The van der Waals surface area contributed by atoms with Crippen LogP contribution in [0.2, 0.25) is 0 Å². The summed E-state index contributed by atoms with van der Waals surface area (Å²) >= 11 is 0. The number of hydrogen-bond acceptors (Lipinski definition) is 14. The number of aromatic nitrogens is 1. The summed E-state index contributed by atoms with van der Waals surface area (Å²) in [5.74, 6) is -3.82. The summed E-state index contributed by atoms with van der Waals surface area (Å²) in [7, 11) is 0. The van der Waals surface area contributed by atoms with Gasteiger partial charge in [0.15, 0.2) is 28.4 Å². The second-order valence-corrected chi connectivity index (χ2v) is 9.20. The molecule has 0 aliphatic heterocycles. The number of benzene rings is 2. The van der Waals surface area contributed by atoms with E-state index in [9.17, 15) is 34.8 Å². The van der Waals surface area contributed by atoms with Crippen LogP contribution in [0.4, 0.5) is 0 Å². The summed E-state index contributed by atoms with van der Waals surface area (Å²) in [5.41, 5.74) is -2.76. The van der Waals surface area contributed by atoms with Crippen molar-refractivity contribution in [1.82, 2.24) is 4.98 Å². The van der Waals surface area contributed by atoms with Crippen molar-refractivity contribution in [3.63, 3.8) is 0 Å². The number of esters is 1. The highest BCUT2D eigenvalue weighted by Crippen LogP contribution is 2.36. The first kappa shape index (κ1) is 32.2. The molecule has 0 aliphatic carbocycles. The van der Waals surface area contributed by atoms with Crippen LogP contribution in [0.25, 0.3) is 33.0 Å². The molecule has 0 atom stereocenters. The van der Waals surface area contributed by atoms with E-state index < -0.39 is 50.8 Å². The molecule has 0 amide bonds. The molecule has 0 saturated carbocycles. The number of phenols is 4. The van der Waals surface area contributed by atoms with Crippen molar-refractivity contribution < 1.29 is 58.4 Å². The first-order chi connectivity index (χ1) is 21.2. The third kappa shape index (κ3) is 7.45. The Morgan fingerprint density at radius 2 is 1.32 bits per heavy atom. The second-order valence-electron chi connectivity index (χ2n) is 9.20. The molecule has 0 saturated heterocycles.